The highest BCUT2D eigenvalue weighted by atomic mass is 32.2. The van der Waals surface area contributed by atoms with Crippen LogP contribution in [0.1, 0.15) is 5.56 Å². The van der Waals surface area contributed by atoms with Crippen LogP contribution in [0.2, 0.25) is 0 Å². The first kappa shape index (κ1) is 15.2. The average Bonchev–Trinajstić information content (AvgIpc) is 2.91. The Morgan fingerprint density at radius 1 is 1.13 bits per heavy atom. The minimum atomic E-state index is -0.371. The van der Waals surface area contributed by atoms with Crippen LogP contribution in [0.15, 0.2) is 58.6 Å². The second-order valence-corrected chi connectivity index (χ2v) is 6.07. The molecule has 0 bridgehead atoms. The molecule has 0 atom stereocenters. The maximum Gasteiger partial charge on any atom is 0.283 e. The van der Waals surface area contributed by atoms with Crippen molar-refractivity contribution < 1.29 is 4.92 Å². The molecule has 6 nitrogen and oxygen atoms in total. The summed E-state index contributed by atoms with van der Waals surface area (Å²) in [5, 5.41) is 20.2. The monoisotopic (exact) mass is 326 g/mol. The molecule has 0 fully saturated rings. The van der Waals surface area contributed by atoms with Gasteiger partial charge in [0.1, 0.15) is 0 Å². The molecule has 0 unspecified atom stereocenters. The molecule has 0 spiro atoms. The standard InChI is InChI=1S/C16H14N4O2S/c1-11-8-9-14(13(10-11)20(21)22)23-16-18-17-15(19(16)2)12-6-4-3-5-7-12/h3-10H,1-2H3. The third-order valence-electron chi connectivity index (χ3n) is 3.38. The first-order chi connectivity index (χ1) is 11.1. The molecule has 2 aromatic carbocycles. The van der Waals surface area contributed by atoms with Crippen LogP contribution in [0.5, 0.6) is 0 Å². The molecule has 23 heavy (non-hydrogen) atoms. The summed E-state index contributed by atoms with van der Waals surface area (Å²) in [6.07, 6.45) is 0. The van der Waals surface area contributed by atoms with Crippen molar-refractivity contribution in [3.8, 4) is 11.4 Å². The lowest BCUT2D eigenvalue weighted by Crippen LogP contribution is -1.96. The van der Waals surface area contributed by atoms with E-state index in [0.29, 0.717) is 10.1 Å². The van der Waals surface area contributed by atoms with Crippen LogP contribution >= 0.6 is 11.8 Å². The molecule has 3 rings (SSSR count). The average molecular weight is 326 g/mol. The SMILES string of the molecule is Cc1ccc(Sc2nnc(-c3ccccc3)n2C)c([N+](=O)[O-])c1. The van der Waals surface area contributed by atoms with Crippen LogP contribution in [-0.2, 0) is 7.05 Å². The van der Waals surface area contributed by atoms with Gasteiger partial charge in [-0.25, -0.2) is 0 Å². The van der Waals surface area contributed by atoms with E-state index in [1.54, 1.807) is 12.1 Å². The molecule has 0 saturated carbocycles. The van der Waals surface area contributed by atoms with Crippen LogP contribution in [0, 0.1) is 17.0 Å². The van der Waals surface area contributed by atoms with Gasteiger partial charge in [0.05, 0.1) is 9.82 Å². The van der Waals surface area contributed by atoms with Gasteiger partial charge in [0, 0.05) is 18.7 Å². The zero-order valence-corrected chi connectivity index (χ0v) is 13.4. The summed E-state index contributed by atoms with van der Waals surface area (Å²) in [6.45, 7) is 1.83. The van der Waals surface area contributed by atoms with Crippen molar-refractivity contribution in [2.75, 3.05) is 0 Å². The highest BCUT2D eigenvalue weighted by Crippen LogP contribution is 2.35. The molecule has 3 aromatic rings. The second-order valence-electron chi connectivity index (χ2n) is 5.06. The number of aromatic nitrogens is 3. The van der Waals surface area contributed by atoms with E-state index in [9.17, 15) is 10.1 Å². The number of benzene rings is 2. The number of hydrogen-bond acceptors (Lipinski definition) is 5. The van der Waals surface area contributed by atoms with E-state index < -0.39 is 0 Å². The minimum absolute atomic E-state index is 0.0826. The summed E-state index contributed by atoms with van der Waals surface area (Å²) < 4.78 is 1.84. The van der Waals surface area contributed by atoms with Crippen molar-refractivity contribution in [1.29, 1.82) is 0 Å². The topological polar surface area (TPSA) is 73.8 Å². The van der Waals surface area contributed by atoms with Crippen LogP contribution < -0.4 is 0 Å². The van der Waals surface area contributed by atoms with Crippen molar-refractivity contribution in [2.45, 2.75) is 17.0 Å². The van der Waals surface area contributed by atoms with Crippen LogP contribution in [0.3, 0.4) is 0 Å². The molecular formula is C16H14N4O2S. The predicted octanol–water partition coefficient (Wildman–Crippen LogP) is 3.85. The molecule has 0 amide bonds. The van der Waals surface area contributed by atoms with Crippen molar-refractivity contribution >= 4 is 17.4 Å². The lowest BCUT2D eigenvalue weighted by molar-refractivity contribution is -0.387. The van der Waals surface area contributed by atoms with Crippen molar-refractivity contribution in [1.82, 2.24) is 14.8 Å². The highest BCUT2D eigenvalue weighted by Gasteiger charge is 2.18. The predicted molar refractivity (Wildman–Crippen MR) is 88.4 cm³/mol. The summed E-state index contributed by atoms with van der Waals surface area (Å²) in [5.74, 6) is 0.725. The third-order valence-corrected chi connectivity index (χ3v) is 4.48. The van der Waals surface area contributed by atoms with E-state index in [1.807, 2.05) is 54.9 Å². The van der Waals surface area contributed by atoms with Gasteiger partial charge < -0.3 is 4.57 Å². The Hall–Kier alpha value is -2.67. The van der Waals surface area contributed by atoms with E-state index >= 15 is 0 Å². The van der Waals surface area contributed by atoms with Gasteiger partial charge in [-0.3, -0.25) is 10.1 Å². The van der Waals surface area contributed by atoms with E-state index in [2.05, 4.69) is 10.2 Å². The van der Waals surface area contributed by atoms with Gasteiger partial charge in [0.15, 0.2) is 11.0 Å². The van der Waals surface area contributed by atoms with Gasteiger partial charge in [-0.1, -0.05) is 36.4 Å². The van der Waals surface area contributed by atoms with Crippen LogP contribution in [-0.4, -0.2) is 19.7 Å². The molecule has 0 radical (unpaired) electrons. The van der Waals surface area contributed by atoms with Gasteiger partial charge in [0.25, 0.3) is 5.69 Å². The first-order valence-corrected chi connectivity index (χ1v) is 7.75. The molecule has 7 heteroatoms. The fraction of sp³-hybridized carbons (Fsp3) is 0.125. The largest absolute Gasteiger partial charge is 0.305 e. The highest BCUT2D eigenvalue weighted by molar-refractivity contribution is 7.99. The fourth-order valence-corrected chi connectivity index (χ4v) is 3.07. The lowest BCUT2D eigenvalue weighted by atomic mass is 10.2. The lowest BCUT2D eigenvalue weighted by Gasteiger charge is -2.05. The normalized spacial score (nSPS) is 10.7. The van der Waals surface area contributed by atoms with E-state index in [-0.39, 0.29) is 10.6 Å². The maximum atomic E-state index is 11.2. The Labute approximate surface area is 137 Å². The minimum Gasteiger partial charge on any atom is -0.305 e. The van der Waals surface area contributed by atoms with Gasteiger partial charge in [-0.15, -0.1) is 10.2 Å². The number of nitro groups is 1. The summed E-state index contributed by atoms with van der Waals surface area (Å²) in [6, 6.07) is 14.9. The van der Waals surface area contributed by atoms with Gasteiger partial charge in [0.2, 0.25) is 0 Å². The van der Waals surface area contributed by atoms with E-state index in [1.165, 1.54) is 11.8 Å². The number of hydrogen-bond donors (Lipinski definition) is 0. The van der Waals surface area contributed by atoms with Crippen molar-refractivity contribution in [2.24, 2.45) is 7.05 Å². The van der Waals surface area contributed by atoms with Gasteiger partial charge in [-0.05, 0) is 30.3 Å². The van der Waals surface area contributed by atoms with Crippen LogP contribution in [0.4, 0.5) is 5.69 Å². The molecule has 116 valence electrons. The molecule has 0 aliphatic heterocycles. The van der Waals surface area contributed by atoms with E-state index in [4.69, 9.17) is 0 Å². The van der Waals surface area contributed by atoms with Crippen molar-refractivity contribution in [3.63, 3.8) is 0 Å². The smallest absolute Gasteiger partial charge is 0.283 e. The molecule has 0 aliphatic carbocycles. The Morgan fingerprint density at radius 3 is 2.57 bits per heavy atom. The maximum absolute atomic E-state index is 11.2. The Kier molecular flexibility index (Phi) is 4.12. The number of nitrogens with zero attached hydrogens (tertiary/aromatic N) is 4. The van der Waals surface area contributed by atoms with Crippen LogP contribution in [0.25, 0.3) is 11.4 Å². The Bertz CT molecular complexity index is 862. The Morgan fingerprint density at radius 2 is 1.87 bits per heavy atom. The van der Waals surface area contributed by atoms with Gasteiger partial charge >= 0.3 is 0 Å². The molecular weight excluding hydrogens is 312 g/mol. The third kappa shape index (κ3) is 3.09. The summed E-state index contributed by atoms with van der Waals surface area (Å²) >= 11 is 1.24. The number of nitro benzene ring substituents is 1. The van der Waals surface area contributed by atoms with E-state index in [0.717, 1.165) is 17.0 Å². The zero-order chi connectivity index (χ0) is 16.4. The summed E-state index contributed by atoms with van der Waals surface area (Å²) in [4.78, 5) is 11.4. The summed E-state index contributed by atoms with van der Waals surface area (Å²) in [5.41, 5.74) is 1.89. The number of aryl methyl sites for hydroxylation is 1. The summed E-state index contributed by atoms with van der Waals surface area (Å²) in [7, 11) is 1.85. The second kappa shape index (κ2) is 6.21. The Balaban J connectivity index is 1.96. The first-order valence-electron chi connectivity index (χ1n) is 6.94. The molecule has 0 N–H and O–H groups in total. The van der Waals surface area contributed by atoms with Crippen molar-refractivity contribution in [3.05, 3.63) is 64.2 Å². The molecule has 1 heterocycles. The quantitative estimate of drug-likeness (QED) is 0.538. The molecule has 1 aromatic heterocycles. The fourth-order valence-electron chi connectivity index (χ4n) is 2.20. The molecule has 0 saturated heterocycles. The van der Waals surface area contributed by atoms with Gasteiger partial charge in [-0.2, -0.15) is 0 Å². The zero-order valence-electron chi connectivity index (χ0n) is 12.6. The number of rotatable bonds is 4. The molecule has 0 aliphatic rings.